The van der Waals surface area contributed by atoms with E-state index in [0.29, 0.717) is 0 Å². The minimum Gasteiger partial charge on any atom is -0.0985 e. The van der Waals surface area contributed by atoms with Crippen molar-refractivity contribution in [2.75, 3.05) is 0 Å². The fourth-order valence-electron chi connectivity index (χ4n) is 0.790. The fourth-order valence-corrected chi connectivity index (χ4v) is 0.790. The molecule has 0 aromatic heterocycles. The third kappa shape index (κ3) is 1.35. The monoisotopic (exact) mass is 129 g/mol. The molecule has 0 heterocycles. The van der Waals surface area contributed by atoms with Crippen molar-refractivity contribution in [2.45, 2.75) is 0 Å². The van der Waals surface area contributed by atoms with E-state index < -0.39 is 0 Å². The molecule has 0 unspecified atom stereocenters. The minimum absolute atomic E-state index is 1.03. The molecular weight excluding hydrogens is 120 g/mol. The summed E-state index contributed by atoms with van der Waals surface area (Å²) >= 11 is 0. The summed E-state index contributed by atoms with van der Waals surface area (Å²) in [4.78, 5) is 0. The first-order valence-electron chi connectivity index (χ1n) is 3.14. The lowest BCUT2D eigenvalue weighted by Crippen LogP contribution is -1.72. The number of rotatable bonds is 2. The summed E-state index contributed by atoms with van der Waals surface area (Å²) in [5.74, 6) is 0. The molecule has 0 saturated heterocycles. The Morgan fingerprint density at radius 1 is 1.30 bits per heavy atom. The zero-order chi connectivity index (χ0) is 7.40. The number of benzene rings is 1. The van der Waals surface area contributed by atoms with Crippen molar-refractivity contribution >= 4 is 12.2 Å². The van der Waals surface area contributed by atoms with Crippen molar-refractivity contribution < 1.29 is 0 Å². The molecule has 0 amide bonds. The van der Waals surface area contributed by atoms with Gasteiger partial charge in [0.2, 0.25) is 0 Å². The van der Waals surface area contributed by atoms with E-state index in [0.717, 1.165) is 11.1 Å². The van der Waals surface area contributed by atoms with Gasteiger partial charge in [0.05, 0.1) is 0 Å². The molecular formula is C10H9. The zero-order valence-electron chi connectivity index (χ0n) is 5.75. The van der Waals surface area contributed by atoms with Crippen LogP contribution >= 0.6 is 0 Å². The van der Waals surface area contributed by atoms with E-state index in [1.807, 2.05) is 24.3 Å². The Bertz CT molecular complexity index is 223. The van der Waals surface area contributed by atoms with Crippen LogP contribution in [0.1, 0.15) is 11.1 Å². The van der Waals surface area contributed by atoms with Gasteiger partial charge in [-0.05, 0) is 17.2 Å². The molecule has 0 N–H and O–H groups in total. The Balaban J connectivity index is 3.09. The van der Waals surface area contributed by atoms with E-state index in [4.69, 9.17) is 6.58 Å². The molecule has 1 rings (SSSR count). The average Bonchev–Trinajstić information content (AvgIpc) is 2.05. The van der Waals surface area contributed by atoms with Crippen LogP contribution in [-0.2, 0) is 0 Å². The molecule has 0 aliphatic heterocycles. The molecule has 0 saturated carbocycles. The Hall–Kier alpha value is -1.30. The predicted molar refractivity (Wildman–Crippen MR) is 45.3 cm³/mol. The van der Waals surface area contributed by atoms with Gasteiger partial charge in [-0.2, -0.15) is 0 Å². The molecule has 1 aromatic carbocycles. The Morgan fingerprint density at radius 3 is 2.60 bits per heavy atom. The average molecular weight is 129 g/mol. The van der Waals surface area contributed by atoms with Crippen molar-refractivity contribution in [1.29, 1.82) is 0 Å². The number of hydrogen-bond acceptors (Lipinski definition) is 0. The first kappa shape index (κ1) is 6.81. The molecule has 0 fully saturated rings. The number of hydrogen-bond donors (Lipinski definition) is 0. The van der Waals surface area contributed by atoms with Gasteiger partial charge < -0.3 is 0 Å². The Morgan fingerprint density at radius 2 is 2.00 bits per heavy atom. The summed E-state index contributed by atoms with van der Waals surface area (Å²) in [6.45, 7) is 8.97. The highest BCUT2D eigenvalue weighted by Gasteiger charge is 1.85. The van der Waals surface area contributed by atoms with Crippen molar-refractivity contribution in [3.63, 3.8) is 0 Å². The van der Waals surface area contributed by atoms with Gasteiger partial charge in [0.15, 0.2) is 0 Å². The molecule has 10 heavy (non-hydrogen) atoms. The van der Waals surface area contributed by atoms with Gasteiger partial charge in [-0.15, -0.1) is 0 Å². The SMILES string of the molecule is [CH]=Cc1cccc(C=C)c1. The largest absolute Gasteiger partial charge is 0.0985 e. The smallest absolute Gasteiger partial charge is 0.0251 e. The minimum atomic E-state index is 1.03. The standard InChI is InChI=1S/C10H9/c1-3-9-6-5-7-10(4-2)8-9/h1,3-8H,2H2. The van der Waals surface area contributed by atoms with Crippen molar-refractivity contribution in [1.82, 2.24) is 0 Å². The molecule has 0 bridgehead atoms. The normalized spacial score (nSPS) is 8.80. The molecule has 1 aromatic rings. The highest BCUT2D eigenvalue weighted by Crippen LogP contribution is 2.06. The van der Waals surface area contributed by atoms with Crippen LogP contribution in [0.2, 0.25) is 0 Å². The van der Waals surface area contributed by atoms with Gasteiger partial charge in [-0.25, -0.2) is 0 Å². The molecule has 1 radical (unpaired) electrons. The molecule has 0 spiro atoms. The summed E-state index contributed by atoms with van der Waals surface area (Å²) < 4.78 is 0. The van der Waals surface area contributed by atoms with Crippen LogP contribution in [0.25, 0.3) is 12.2 Å². The van der Waals surface area contributed by atoms with Crippen LogP contribution in [0, 0.1) is 6.58 Å². The highest BCUT2D eigenvalue weighted by molar-refractivity contribution is 5.54. The van der Waals surface area contributed by atoms with E-state index in [1.165, 1.54) is 0 Å². The van der Waals surface area contributed by atoms with Crippen LogP contribution in [-0.4, -0.2) is 0 Å². The first-order valence-corrected chi connectivity index (χ1v) is 3.14. The molecule has 49 valence electrons. The summed E-state index contributed by atoms with van der Waals surface area (Å²) in [6.07, 6.45) is 3.38. The van der Waals surface area contributed by atoms with E-state index >= 15 is 0 Å². The maximum Gasteiger partial charge on any atom is -0.0251 e. The predicted octanol–water partition coefficient (Wildman–Crippen LogP) is 2.78. The molecule has 0 nitrogen and oxygen atoms in total. The summed E-state index contributed by atoms with van der Waals surface area (Å²) in [7, 11) is 0. The van der Waals surface area contributed by atoms with Gasteiger partial charge in [0.25, 0.3) is 0 Å². The van der Waals surface area contributed by atoms with E-state index in [9.17, 15) is 0 Å². The second-order valence-electron chi connectivity index (χ2n) is 2.04. The Labute approximate surface area is 61.5 Å². The van der Waals surface area contributed by atoms with E-state index in [1.54, 1.807) is 12.2 Å². The summed E-state index contributed by atoms with van der Waals surface area (Å²) in [5, 5.41) is 0. The molecule has 0 atom stereocenters. The van der Waals surface area contributed by atoms with Gasteiger partial charge in [0.1, 0.15) is 0 Å². The Kier molecular flexibility index (Phi) is 2.06. The van der Waals surface area contributed by atoms with Crippen molar-refractivity contribution in [3.05, 3.63) is 48.6 Å². The lowest BCUT2D eigenvalue weighted by atomic mass is 10.1. The third-order valence-corrected chi connectivity index (χ3v) is 1.34. The van der Waals surface area contributed by atoms with Crippen LogP contribution in [0.5, 0.6) is 0 Å². The van der Waals surface area contributed by atoms with Gasteiger partial charge in [-0.3, -0.25) is 0 Å². The van der Waals surface area contributed by atoms with Crippen LogP contribution < -0.4 is 0 Å². The fraction of sp³-hybridized carbons (Fsp3) is 0. The lowest BCUT2D eigenvalue weighted by Gasteiger charge is -1.93. The van der Waals surface area contributed by atoms with Crippen LogP contribution in [0.4, 0.5) is 0 Å². The molecule has 0 aliphatic carbocycles. The maximum absolute atomic E-state index is 5.31. The highest BCUT2D eigenvalue weighted by atomic mass is 13.9. The van der Waals surface area contributed by atoms with Crippen LogP contribution in [0.3, 0.4) is 0 Å². The quantitative estimate of drug-likeness (QED) is 0.576. The van der Waals surface area contributed by atoms with Gasteiger partial charge in [-0.1, -0.05) is 43.5 Å². The van der Waals surface area contributed by atoms with E-state index in [2.05, 4.69) is 6.58 Å². The first-order chi connectivity index (χ1) is 4.86. The third-order valence-electron chi connectivity index (χ3n) is 1.34. The van der Waals surface area contributed by atoms with Crippen molar-refractivity contribution in [3.8, 4) is 0 Å². The lowest BCUT2D eigenvalue weighted by molar-refractivity contribution is 1.62. The van der Waals surface area contributed by atoms with Gasteiger partial charge >= 0.3 is 0 Å². The second-order valence-corrected chi connectivity index (χ2v) is 2.04. The summed E-state index contributed by atoms with van der Waals surface area (Å²) in [6, 6.07) is 7.87. The van der Waals surface area contributed by atoms with E-state index in [-0.39, 0.29) is 0 Å². The molecule has 0 aliphatic rings. The summed E-state index contributed by atoms with van der Waals surface area (Å²) in [5.41, 5.74) is 2.12. The van der Waals surface area contributed by atoms with Crippen molar-refractivity contribution in [2.24, 2.45) is 0 Å². The maximum atomic E-state index is 5.31. The zero-order valence-corrected chi connectivity index (χ0v) is 5.75. The van der Waals surface area contributed by atoms with Gasteiger partial charge in [0, 0.05) is 0 Å². The topological polar surface area (TPSA) is 0 Å². The second kappa shape index (κ2) is 3.02. The van der Waals surface area contributed by atoms with Crippen LogP contribution in [0.15, 0.2) is 30.8 Å². The molecule has 0 heteroatoms.